The van der Waals surface area contributed by atoms with Gasteiger partial charge in [0, 0.05) is 24.2 Å². The fraction of sp³-hybridized carbons (Fsp3) is 0.368. The van der Waals surface area contributed by atoms with Crippen LogP contribution in [0.15, 0.2) is 24.3 Å². The van der Waals surface area contributed by atoms with E-state index in [-0.39, 0.29) is 13.2 Å². The lowest BCUT2D eigenvalue weighted by molar-refractivity contribution is 0.163. The van der Waals surface area contributed by atoms with Crippen LogP contribution in [0.3, 0.4) is 0 Å². The molecule has 1 aromatic carbocycles. The van der Waals surface area contributed by atoms with Crippen LogP contribution in [0.1, 0.15) is 30.4 Å². The molecule has 0 bridgehead atoms. The van der Waals surface area contributed by atoms with Crippen LogP contribution in [-0.2, 0) is 4.74 Å². The lowest BCUT2D eigenvalue weighted by atomic mass is 10.1. The van der Waals surface area contributed by atoms with Crippen molar-refractivity contribution >= 4 is 0 Å². The number of benzene rings is 1. The molecule has 3 nitrogen and oxygen atoms in total. The van der Waals surface area contributed by atoms with Crippen molar-refractivity contribution in [3.8, 4) is 35.5 Å². The number of unbranched alkanes of at least 4 members (excludes halogenated alkanes) is 2. The zero-order valence-electron chi connectivity index (χ0n) is 12.6. The number of hydrogen-bond acceptors (Lipinski definition) is 3. The molecule has 1 rings (SSSR count). The topological polar surface area (TPSA) is 49.7 Å². The Hall–Kier alpha value is -2.22. The number of hydrogen-bond donors (Lipinski definition) is 2. The third-order valence-corrected chi connectivity index (χ3v) is 2.67. The second kappa shape index (κ2) is 12.5. The molecule has 0 unspecified atom stereocenters. The van der Waals surface area contributed by atoms with Gasteiger partial charge >= 0.3 is 0 Å². The van der Waals surface area contributed by atoms with Gasteiger partial charge in [-0.2, -0.15) is 0 Å². The number of aliphatic hydroxyl groups is 2. The van der Waals surface area contributed by atoms with E-state index >= 15 is 0 Å². The summed E-state index contributed by atoms with van der Waals surface area (Å²) in [5.74, 6) is 17.0. The van der Waals surface area contributed by atoms with E-state index in [0.29, 0.717) is 13.2 Å². The van der Waals surface area contributed by atoms with Crippen LogP contribution in [0.5, 0.6) is 0 Å². The van der Waals surface area contributed by atoms with E-state index in [4.69, 9.17) is 14.9 Å². The summed E-state index contributed by atoms with van der Waals surface area (Å²) < 4.78 is 5.44. The Morgan fingerprint density at radius 2 is 1.50 bits per heavy atom. The van der Waals surface area contributed by atoms with Crippen LogP contribution in [0, 0.1) is 35.5 Å². The summed E-state index contributed by atoms with van der Waals surface area (Å²) in [6, 6.07) is 7.57. The predicted octanol–water partition coefficient (Wildman–Crippen LogP) is 1.56. The van der Waals surface area contributed by atoms with Gasteiger partial charge in [0.05, 0.1) is 0 Å². The Morgan fingerprint density at radius 1 is 0.818 bits per heavy atom. The second-order valence-electron chi connectivity index (χ2n) is 4.33. The smallest absolute Gasteiger partial charge is 0.108 e. The third-order valence-electron chi connectivity index (χ3n) is 2.67. The Labute approximate surface area is 132 Å². The second-order valence-corrected chi connectivity index (χ2v) is 4.33. The highest BCUT2D eigenvalue weighted by Gasteiger charge is 1.93. The molecule has 22 heavy (non-hydrogen) atoms. The Bertz CT molecular complexity index is 615. The number of rotatable bonds is 5. The fourth-order valence-electron chi connectivity index (χ4n) is 1.65. The van der Waals surface area contributed by atoms with Crippen molar-refractivity contribution in [3.63, 3.8) is 0 Å². The van der Waals surface area contributed by atoms with Crippen molar-refractivity contribution in [2.75, 3.05) is 26.4 Å². The molecule has 3 heteroatoms. The summed E-state index contributed by atoms with van der Waals surface area (Å²) in [5, 5.41) is 17.2. The van der Waals surface area contributed by atoms with E-state index in [2.05, 4.69) is 35.5 Å². The molecule has 0 atom stereocenters. The van der Waals surface area contributed by atoms with Gasteiger partial charge in [0.25, 0.3) is 0 Å². The van der Waals surface area contributed by atoms with Crippen molar-refractivity contribution in [1.82, 2.24) is 0 Å². The van der Waals surface area contributed by atoms with Gasteiger partial charge in [0.1, 0.15) is 19.8 Å². The third kappa shape index (κ3) is 8.15. The molecule has 0 aliphatic rings. The summed E-state index contributed by atoms with van der Waals surface area (Å²) in [7, 11) is 0. The van der Waals surface area contributed by atoms with Gasteiger partial charge in [-0.25, -0.2) is 0 Å². The summed E-state index contributed by atoms with van der Waals surface area (Å²) in [4.78, 5) is 0. The summed E-state index contributed by atoms with van der Waals surface area (Å²) >= 11 is 0. The molecular formula is C19H20O3. The molecule has 0 aliphatic heterocycles. The Balaban J connectivity index is 2.30. The van der Waals surface area contributed by atoms with E-state index in [1.54, 1.807) is 0 Å². The minimum Gasteiger partial charge on any atom is -0.384 e. The van der Waals surface area contributed by atoms with Crippen molar-refractivity contribution in [3.05, 3.63) is 35.4 Å². The first kappa shape index (κ1) is 17.8. The van der Waals surface area contributed by atoms with E-state index in [9.17, 15) is 0 Å². The number of ether oxygens (including phenoxy) is 1. The first-order chi connectivity index (χ1) is 10.9. The lowest BCUT2D eigenvalue weighted by Crippen LogP contribution is -1.94. The van der Waals surface area contributed by atoms with E-state index < -0.39 is 0 Å². The molecule has 2 N–H and O–H groups in total. The standard InChI is InChI=1S/C19H20O3/c20-14-6-2-1-3-7-16-22-17-9-13-19-11-5-4-10-18(19)12-8-15-21/h4-5,10-11,20-21H,1,3,7,14-17H2. The maximum atomic E-state index is 8.73. The summed E-state index contributed by atoms with van der Waals surface area (Å²) in [5.41, 5.74) is 1.65. The maximum absolute atomic E-state index is 8.73. The SMILES string of the molecule is OCC#CCCCCOCC#Cc1ccccc1C#CCO. The number of aliphatic hydroxyl groups excluding tert-OH is 2. The largest absolute Gasteiger partial charge is 0.384 e. The van der Waals surface area contributed by atoms with Gasteiger partial charge in [-0.3, -0.25) is 0 Å². The van der Waals surface area contributed by atoms with Crippen molar-refractivity contribution in [1.29, 1.82) is 0 Å². The van der Waals surface area contributed by atoms with Gasteiger partial charge in [0.15, 0.2) is 0 Å². The average Bonchev–Trinajstić information content (AvgIpc) is 2.55. The molecular weight excluding hydrogens is 276 g/mol. The molecule has 0 radical (unpaired) electrons. The fourth-order valence-corrected chi connectivity index (χ4v) is 1.65. The zero-order chi connectivity index (χ0) is 15.9. The van der Waals surface area contributed by atoms with E-state index in [0.717, 1.165) is 30.4 Å². The van der Waals surface area contributed by atoms with Crippen molar-refractivity contribution in [2.45, 2.75) is 19.3 Å². The highest BCUT2D eigenvalue weighted by atomic mass is 16.5. The van der Waals surface area contributed by atoms with Crippen LogP contribution >= 0.6 is 0 Å². The molecule has 0 fully saturated rings. The van der Waals surface area contributed by atoms with Gasteiger partial charge in [-0.1, -0.05) is 41.7 Å². The molecule has 1 aromatic rings. The van der Waals surface area contributed by atoms with Crippen molar-refractivity contribution < 1.29 is 14.9 Å². The molecule has 0 saturated heterocycles. The summed E-state index contributed by atoms with van der Waals surface area (Å²) in [6.07, 6.45) is 2.67. The van der Waals surface area contributed by atoms with Gasteiger partial charge in [0.2, 0.25) is 0 Å². The van der Waals surface area contributed by atoms with Crippen molar-refractivity contribution in [2.24, 2.45) is 0 Å². The van der Waals surface area contributed by atoms with Gasteiger partial charge in [-0.05, 0) is 25.0 Å². The molecule has 0 aliphatic carbocycles. The predicted molar refractivity (Wildman–Crippen MR) is 86.8 cm³/mol. The minimum atomic E-state index is -0.159. The van der Waals surface area contributed by atoms with Crippen LogP contribution in [0.2, 0.25) is 0 Å². The first-order valence-corrected chi connectivity index (χ1v) is 7.20. The van der Waals surface area contributed by atoms with Gasteiger partial charge in [-0.15, -0.1) is 5.92 Å². The lowest BCUT2D eigenvalue weighted by Gasteiger charge is -1.98. The van der Waals surface area contributed by atoms with Crippen LogP contribution < -0.4 is 0 Å². The van der Waals surface area contributed by atoms with Crippen LogP contribution in [0.4, 0.5) is 0 Å². The quantitative estimate of drug-likeness (QED) is 0.640. The van der Waals surface area contributed by atoms with E-state index in [1.807, 2.05) is 24.3 Å². The minimum absolute atomic E-state index is 0.0732. The molecule has 0 amide bonds. The monoisotopic (exact) mass is 296 g/mol. The van der Waals surface area contributed by atoms with Crippen LogP contribution in [-0.4, -0.2) is 36.6 Å². The Morgan fingerprint density at radius 3 is 2.18 bits per heavy atom. The average molecular weight is 296 g/mol. The van der Waals surface area contributed by atoms with Gasteiger partial charge < -0.3 is 14.9 Å². The molecule has 0 heterocycles. The molecule has 0 aromatic heterocycles. The highest BCUT2D eigenvalue weighted by molar-refractivity contribution is 5.50. The zero-order valence-corrected chi connectivity index (χ0v) is 12.6. The first-order valence-electron chi connectivity index (χ1n) is 7.20. The van der Waals surface area contributed by atoms with Crippen LogP contribution in [0.25, 0.3) is 0 Å². The maximum Gasteiger partial charge on any atom is 0.108 e. The highest BCUT2D eigenvalue weighted by Crippen LogP contribution is 2.05. The molecule has 114 valence electrons. The Kier molecular flexibility index (Phi) is 10.1. The summed E-state index contributed by atoms with van der Waals surface area (Å²) in [6.45, 7) is 0.801. The molecule has 0 saturated carbocycles. The molecule has 0 spiro atoms. The van der Waals surface area contributed by atoms with E-state index in [1.165, 1.54) is 0 Å². The normalized spacial score (nSPS) is 8.82.